The lowest BCUT2D eigenvalue weighted by Crippen LogP contribution is -2.87. The van der Waals surface area contributed by atoms with E-state index in [9.17, 15) is 14.4 Å². The minimum Gasteiger partial charge on any atom is -0.465 e. The van der Waals surface area contributed by atoms with Crippen molar-refractivity contribution in [2.75, 3.05) is 32.6 Å². The van der Waals surface area contributed by atoms with Gasteiger partial charge in [0.2, 0.25) is 0 Å². The third-order valence-electron chi connectivity index (χ3n) is 3.13. The number of carbonyl (C=O) groups is 3. The van der Waals surface area contributed by atoms with Crippen molar-refractivity contribution in [1.29, 1.82) is 0 Å². The molecule has 0 aliphatic carbocycles. The number of rotatable bonds is 7. The van der Waals surface area contributed by atoms with Crippen molar-refractivity contribution in [2.45, 2.75) is 20.8 Å². The van der Waals surface area contributed by atoms with Crippen molar-refractivity contribution in [1.82, 2.24) is 0 Å². The van der Waals surface area contributed by atoms with Crippen LogP contribution in [0.25, 0.3) is 0 Å². The Morgan fingerprint density at radius 3 is 2.30 bits per heavy atom. The molecule has 0 saturated heterocycles. The summed E-state index contributed by atoms with van der Waals surface area (Å²) in [4.78, 5) is 36.0. The summed E-state index contributed by atoms with van der Waals surface area (Å²) in [5, 5.41) is 4.87. The molecule has 0 unspecified atom stereocenters. The SMILES string of the molecule is COC(=O)c1sc(NC(=O)C[NH2+]CC(C)C)c(C(=O)OC)c1C. The van der Waals surface area contributed by atoms with Crippen LogP contribution in [0.15, 0.2) is 0 Å². The highest BCUT2D eigenvalue weighted by atomic mass is 32.1. The summed E-state index contributed by atoms with van der Waals surface area (Å²) in [7, 11) is 2.51. The Labute approximate surface area is 139 Å². The molecule has 0 bridgehead atoms. The lowest BCUT2D eigenvalue weighted by Gasteiger charge is -2.06. The zero-order valence-corrected chi connectivity index (χ0v) is 14.8. The molecule has 1 rings (SSSR count). The van der Waals surface area contributed by atoms with Crippen molar-refractivity contribution < 1.29 is 29.2 Å². The summed E-state index contributed by atoms with van der Waals surface area (Å²) in [6, 6.07) is 0. The first-order valence-electron chi connectivity index (χ1n) is 7.23. The average molecular weight is 343 g/mol. The Morgan fingerprint density at radius 1 is 1.17 bits per heavy atom. The minimum atomic E-state index is -0.602. The van der Waals surface area contributed by atoms with Gasteiger partial charge >= 0.3 is 11.9 Å². The van der Waals surface area contributed by atoms with Gasteiger partial charge in [-0.3, -0.25) is 4.79 Å². The third-order valence-corrected chi connectivity index (χ3v) is 4.32. The largest absolute Gasteiger partial charge is 0.465 e. The number of quaternary nitrogens is 1. The van der Waals surface area contributed by atoms with Gasteiger partial charge in [0.1, 0.15) is 9.88 Å². The van der Waals surface area contributed by atoms with Crippen LogP contribution in [0.1, 0.15) is 39.4 Å². The number of nitrogens with two attached hydrogens (primary N) is 1. The highest BCUT2D eigenvalue weighted by Gasteiger charge is 2.26. The Bertz CT molecular complexity index is 595. The first kappa shape index (κ1) is 19.1. The molecule has 1 amide bonds. The van der Waals surface area contributed by atoms with E-state index in [4.69, 9.17) is 9.47 Å². The highest BCUT2D eigenvalue weighted by Crippen LogP contribution is 2.34. The molecule has 0 fully saturated rings. The molecule has 3 N–H and O–H groups in total. The fourth-order valence-electron chi connectivity index (χ4n) is 1.96. The van der Waals surface area contributed by atoms with Crippen LogP contribution >= 0.6 is 11.3 Å². The van der Waals surface area contributed by atoms with Gasteiger partial charge in [-0.1, -0.05) is 13.8 Å². The zero-order valence-electron chi connectivity index (χ0n) is 14.0. The van der Waals surface area contributed by atoms with E-state index in [-0.39, 0.29) is 22.9 Å². The topological polar surface area (TPSA) is 98.3 Å². The van der Waals surface area contributed by atoms with Crippen molar-refractivity contribution in [3.63, 3.8) is 0 Å². The number of hydrogen-bond acceptors (Lipinski definition) is 6. The molecule has 0 aliphatic heterocycles. The Hall–Kier alpha value is -1.93. The van der Waals surface area contributed by atoms with Crippen molar-refractivity contribution >= 4 is 34.2 Å². The van der Waals surface area contributed by atoms with Crippen LogP contribution in [-0.2, 0) is 14.3 Å². The molecule has 0 spiro atoms. The first-order chi connectivity index (χ1) is 10.8. The molecule has 128 valence electrons. The molecule has 8 heteroatoms. The molecule has 7 nitrogen and oxygen atoms in total. The van der Waals surface area contributed by atoms with Crippen LogP contribution in [0.5, 0.6) is 0 Å². The van der Waals surface area contributed by atoms with E-state index in [1.54, 1.807) is 6.92 Å². The van der Waals surface area contributed by atoms with Crippen LogP contribution < -0.4 is 10.6 Å². The van der Waals surface area contributed by atoms with E-state index in [1.165, 1.54) is 14.2 Å². The second-order valence-corrected chi connectivity index (χ2v) is 6.43. The van der Waals surface area contributed by atoms with Gasteiger partial charge in [-0.15, -0.1) is 11.3 Å². The number of nitrogens with one attached hydrogen (secondary N) is 1. The van der Waals surface area contributed by atoms with E-state index in [0.717, 1.165) is 17.9 Å². The minimum absolute atomic E-state index is 0.190. The zero-order chi connectivity index (χ0) is 17.6. The maximum atomic E-state index is 12.0. The van der Waals surface area contributed by atoms with Gasteiger partial charge in [-0.25, -0.2) is 9.59 Å². The maximum absolute atomic E-state index is 12.0. The molecule has 1 aromatic heterocycles. The van der Waals surface area contributed by atoms with E-state index in [0.29, 0.717) is 16.5 Å². The molecule has 1 heterocycles. The van der Waals surface area contributed by atoms with Crippen LogP contribution in [-0.4, -0.2) is 45.2 Å². The standard InChI is InChI=1S/C15H22N2O5S/c1-8(2)6-16-7-10(18)17-13-11(14(19)21-4)9(3)12(23-13)15(20)22-5/h8,16H,6-7H2,1-5H3,(H,17,18)/p+1. The van der Waals surface area contributed by atoms with E-state index in [2.05, 4.69) is 19.2 Å². The highest BCUT2D eigenvalue weighted by molar-refractivity contribution is 7.18. The van der Waals surface area contributed by atoms with Gasteiger partial charge in [0.15, 0.2) is 6.54 Å². The van der Waals surface area contributed by atoms with Crippen molar-refractivity contribution in [3.05, 3.63) is 16.0 Å². The Morgan fingerprint density at radius 2 is 1.78 bits per heavy atom. The first-order valence-corrected chi connectivity index (χ1v) is 8.04. The lowest BCUT2D eigenvalue weighted by molar-refractivity contribution is -0.648. The molecule has 0 radical (unpaired) electrons. The summed E-state index contributed by atoms with van der Waals surface area (Å²) in [6.45, 7) is 6.82. The molecule has 0 saturated carbocycles. The van der Waals surface area contributed by atoms with Crippen LogP contribution in [0.2, 0.25) is 0 Å². The van der Waals surface area contributed by atoms with Gasteiger partial charge in [0.05, 0.1) is 26.3 Å². The van der Waals surface area contributed by atoms with E-state index in [1.807, 2.05) is 5.32 Å². The summed E-state index contributed by atoms with van der Waals surface area (Å²) >= 11 is 1.01. The van der Waals surface area contributed by atoms with Gasteiger partial charge in [0, 0.05) is 5.92 Å². The van der Waals surface area contributed by atoms with Crippen LogP contribution in [0, 0.1) is 12.8 Å². The van der Waals surface area contributed by atoms with Gasteiger partial charge < -0.3 is 20.1 Å². The monoisotopic (exact) mass is 343 g/mol. The van der Waals surface area contributed by atoms with Gasteiger partial charge in [-0.2, -0.15) is 0 Å². The number of amides is 1. The number of ether oxygens (including phenoxy) is 2. The van der Waals surface area contributed by atoms with Gasteiger partial charge in [-0.05, 0) is 12.5 Å². The maximum Gasteiger partial charge on any atom is 0.348 e. The molecule has 23 heavy (non-hydrogen) atoms. The summed E-state index contributed by atoms with van der Waals surface area (Å²) in [5.41, 5.74) is 0.630. The predicted molar refractivity (Wildman–Crippen MR) is 86.9 cm³/mol. The quantitative estimate of drug-likeness (QED) is 0.713. The fourth-order valence-corrected chi connectivity index (χ4v) is 3.09. The van der Waals surface area contributed by atoms with Gasteiger partial charge in [0.25, 0.3) is 5.91 Å². The summed E-state index contributed by atoms with van der Waals surface area (Å²) < 4.78 is 9.43. The molecule has 1 aromatic rings. The summed E-state index contributed by atoms with van der Waals surface area (Å²) in [6.07, 6.45) is 0. The lowest BCUT2D eigenvalue weighted by atomic mass is 10.1. The van der Waals surface area contributed by atoms with Crippen molar-refractivity contribution in [3.8, 4) is 0 Å². The normalized spacial score (nSPS) is 10.5. The number of thiophene rings is 1. The number of hydrogen-bond donors (Lipinski definition) is 2. The van der Waals surface area contributed by atoms with Crippen LogP contribution in [0.3, 0.4) is 0 Å². The molecule has 0 atom stereocenters. The fraction of sp³-hybridized carbons (Fsp3) is 0.533. The number of esters is 2. The molecule has 0 aliphatic rings. The van der Waals surface area contributed by atoms with E-state index >= 15 is 0 Å². The Balaban J connectivity index is 2.98. The predicted octanol–water partition coefficient (Wildman–Crippen LogP) is 0.788. The molecular weight excluding hydrogens is 320 g/mol. The Kier molecular flexibility index (Phi) is 7.18. The number of anilines is 1. The summed E-state index contributed by atoms with van der Waals surface area (Å²) in [5.74, 6) is -0.920. The average Bonchev–Trinajstić information content (AvgIpc) is 2.81. The second kappa shape index (κ2) is 8.64. The smallest absolute Gasteiger partial charge is 0.348 e. The number of methoxy groups -OCH3 is 2. The molecule has 0 aromatic carbocycles. The second-order valence-electron chi connectivity index (χ2n) is 5.41. The van der Waals surface area contributed by atoms with Crippen LogP contribution in [0.4, 0.5) is 5.00 Å². The number of carbonyl (C=O) groups excluding carboxylic acids is 3. The molecular formula is C15H23N2O5S+. The van der Waals surface area contributed by atoms with Crippen molar-refractivity contribution in [2.24, 2.45) is 5.92 Å². The van der Waals surface area contributed by atoms with E-state index < -0.39 is 11.9 Å². The third kappa shape index (κ3) is 5.04.